The van der Waals surface area contributed by atoms with E-state index in [-0.39, 0.29) is 0 Å². The molecule has 12 heavy (non-hydrogen) atoms. The van der Waals surface area contributed by atoms with Gasteiger partial charge in [0.15, 0.2) is 0 Å². The fourth-order valence-electron chi connectivity index (χ4n) is 1.68. The molecule has 1 unspecified atom stereocenters. The first-order valence-electron chi connectivity index (χ1n) is 4.90. The molecular formula is C11H19N. The number of likely N-dealkylation sites (N-methyl/N-ethyl adjacent to an activating group) is 1. The summed E-state index contributed by atoms with van der Waals surface area (Å²) in [6.45, 7) is 4.46. The van der Waals surface area contributed by atoms with Crippen molar-refractivity contribution in [2.24, 2.45) is 5.92 Å². The third-order valence-electron chi connectivity index (χ3n) is 2.59. The van der Waals surface area contributed by atoms with Crippen molar-refractivity contribution in [2.45, 2.75) is 33.1 Å². The van der Waals surface area contributed by atoms with Gasteiger partial charge in [0, 0.05) is 12.7 Å². The molecule has 0 aromatic heterocycles. The van der Waals surface area contributed by atoms with Crippen LogP contribution < -0.4 is 5.32 Å². The maximum Gasteiger partial charge on any atom is 0.0329 e. The summed E-state index contributed by atoms with van der Waals surface area (Å²) in [6, 6.07) is 0. The van der Waals surface area contributed by atoms with E-state index in [0.29, 0.717) is 0 Å². The summed E-state index contributed by atoms with van der Waals surface area (Å²) < 4.78 is 0. The molecule has 0 fully saturated rings. The summed E-state index contributed by atoms with van der Waals surface area (Å²) >= 11 is 0. The van der Waals surface area contributed by atoms with Gasteiger partial charge in [-0.3, -0.25) is 0 Å². The van der Waals surface area contributed by atoms with Crippen LogP contribution in [0.15, 0.2) is 23.4 Å². The van der Waals surface area contributed by atoms with Gasteiger partial charge >= 0.3 is 0 Å². The molecule has 0 aliphatic heterocycles. The molecule has 68 valence electrons. The van der Waals surface area contributed by atoms with Gasteiger partial charge in [0.1, 0.15) is 0 Å². The van der Waals surface area contributed by atoms with Crippen molar-refractivity contribution in [3.8, 4) is 0 Å². The van der Waals surface area contributed by atoms with E-state index in [1.165, 1.54) is 24.1 Å². The zero-order valence-corrected chi connectivity index (χ0v) is 8.35. The molecule has 1 aliphatic rings. The topological polar surface area (TPSA) is 12.0 Å². The van der Waals surface area contributed by atoms with Gasteiger partial charge in [0.25, 0.3) is 0 Å². The van der Waals surface area contributed by atoms with Gasteiger partial charge in [-0.05, 0) is 30.8 Å². The van der Waals surface area contributed by atoms with E-state index in [0.717, 1.165) is 12.3 Å². The van der Waals surface area contributed by atoms with Crippen LogP contribution in [0, 0.1) is 5.92 Å². The van der Waals surface area contributed by atoms with Crippen molar-refractivity contribution < 1.29 is 0 Å². The van der Waals surface area contributed by atoms with Gasteiger partial charge in [-0.15, -0.1) is 0 Å². The van der Waals surface area contributed by atoms with E-state index in [1.54, 1.807) is 0 Å². The number of hydrogen-bond donors (Lipinski definition) is 1. The van der Waals surface area contributed by atoms with Crippen LogP contribution in [0.4, 0.5) is 0 Å². The lowest BCUT2D eigenvalue weighted by atomic mass is 9.91. The highest BCUT2D eigenvalue weighted by molar-refractivity contribution is 5.32. The van der Waals surface area contributed by atoms with E-state index < -0.39 is 0 Å². The number of nitrogens with one attached hydrogen (secondary N) is 1. The molecule has 0 aromatic carbocycles. The zero-order valence-electron chi connectivity index (χ0n) is 8.35. The first-order valence-corrected chi connectivity index (χ1v) is 4.90. The second-order valence-electron chi connectivity index (χ2n) is 3.32. The van der Waals surface area contributed by atoms with Crippen molar-refractivity contribution >= 4 is 0 Å². The highest BCUT2D eigenvalue weighted by atomic mass is 14.8. The Balaban J connectivity index is 2.71. The maximum absolute atomic E-state index is 3.26. The molecule has 0 aromatic rings. The predicted octanol–water partition coefficient (Wildman–Crippen LogP) is 2.86. The Kier molecular flexibility index (Phi) is 3.39. The molecule has 1 atom stereocenters. The minimum absolute atomic E-state index is 0.753. The second kappa shape index (κ2) is 4.34. The van der Waals surface area contributed by atoms with Crippen molar-refractivity contribution in [3.63, 3.8) is 0 Å². The maximum atomic E-state index is 3.26. The molecule has 0 spiro atoms. The van der Waals surface area contributed by atoms with E-state index in [4.69, 9.17) is 0 Å². The van der Waals surface area contributed by atoms with Crippen LogP contribution in [0.3, 0.4) is 0 Å². The Morgan fingerprint density at radius 2 is 2.25 bits per heavy atom. The average Bonchev–Trinajstić information content (AvgIpc) is 2.16. The zero-order chi connectivity index (χ0) is 8.97. The van der Waals surface area contributed by atoms with Gasteiger partial charge in [0.05, 0.1) is 0 Å². The fraction of sp³-hybridized carbons (Fsp3) is 0.636. The molecule has 1 rings (SSSR count). The quantitative estimate of drug-likeness (QED) is 0.678. The monoisotopic (exact) mass is 165 g/mol. The van der Waals surface area contributed by atoms with Crippen LogP contribution >= 0.6 is 0 Å². The summed E-state index contributed by atoms with van der Waals surface area (Å²) in [7, 11) is 2.01. The molecular weight excluding hydrogens is 146 g/mol. The lowest BCUT2D eigenvalue weighted by Crippen LogP contribution is -2.14. The molecule has 0 amide bonds. The number of hydrogen-bond acceptors (Lipinski definition) is 1. The van der Waals surface area contributed by atoms with E-state index in [2.05, 4.69) is 31.3 Å². The Labute approximate surface area is 75.6 Å². The fourth-order valence-corrected chi connectivity index (χ4v) is 1.68. The molecule has 0 saturated carbocycles. The lowest BCUT2D eigenvalue weighted by molar-refractivity contribution is 0.614. The molecule has 0 saturated heterocycles. The van der Waals surface area contributed by atoms with Crippen molar-refractivity contribution in [3.05, 3.63) is 23.4 Å². The minimum atomic E-state index is 0.753. The highest BCUT2D eigenvalue weighted by Crippen LogP contribution is 2.24. The SMILES string of the molecule is CCC1=CCC(CC)C=C1NC. The average molecular weight is 165 g/mol. The number of allylic oxidation sites excluding steroid dienone is 3. The summed E-state index contributed by atoms with van der Waals surface area (Å²) in [5.74, 6) is 0.753. The standard InChI is InChI=1S/C11H19N/c1-4-9-6-7-10(5-2)11(8-9)12-3/h7-9,12H,4-6H2,1-3H3. The molecule has 1 nitrogen and oxygen atoms in total. The first-order chi connectivity index (χ1) is 5.81. The third-order valence-corrected chi connectivity index (χ3v) is 2.59. The van der Waals surface area contributed by atoms with E-state index in [1.807, 2.05) is 7.05 Å². The Morgan fingerprint density at radius 1 is 1.50 bits per heavy atom. The van der Waals surface area contributed by atoms with E-state index >= 15 is 0 Å². The van der Waals surface area contributed by atoms with Gasteiger partial charge in [-0.2, -0.15) is 0 Å². The van der Waals surface area contributed by atoms with Gasteiger partial charge in [-0.25, -0.2) is 0 Å². The lowest BCUT2D eigenvalue weighted by Gasteiger charge is -2.20. The summed E-state index contributed by atoms with van der Waals surface area (Å²) in [4.78, 5) is 0. The van der Waals surface area contributed by atoms with Gasteiger partial charge < -0.3 is 5.32 Å². The Hall–Kier alpha value is -0.720. The Morgan fingerprint density at radius 3 is 2.75 bits per heavy atom. The van der Waals surface area contributed by atoms with Crippen molar-refractivity contribution in [2.75, 3.05) is 7.05 Å². The van der Waals surface area contributed by atoms with Crippen LogP contribution in [0.5, 0.6) is 0 Å². The predicted molar refractivity (Wildman–Crippen MR) is 53.9 cm³/mol. The molecule has 0 heterocycles. The van der Waals surface area contributed by atoms with Crippen molar-refractivity contribution in [1.29, 1.82) is 0 Å². The summed E-state index contributed by atoms with van der Waals surface area (Å²) in [6.07, 6.45) is 8.37. The third kappa shape index (κ3) is 1.90. The molecule has 1 N–H and O–H groups in total. The van der Waals surface area contributed by atoms with Crippen LogP contribution in [0.2, 0.25) is 0 Å². The largest absolute Gasteiger partial charge is 0.388 e. The van der Waals surface area contributed by atoms with Crippen molar-refractivity contribution in [1.82, 2.24) is 5.32 Å². The van der Waals surface area contributed by atoms with E-state index in [9.17, 15) is 0 Å². The normalized spacial score (nSPS) is 23.1. The summed E-state index contributed by atoms with van der Waals surface area (Å²) in [5, 5.41) is 3.26. The number of rotatable bonds is 3. The van der Waals surface area contributed by atoms with Gasteiger partial charge in [-0.1, -0.05) is 26.0 Å². The second-order valence-corrected chi connectivity index (χ2v) is 3.32. The molecule has 0 bridgehead atoms. The van der Waals surface area contributed by atoms with Crippen LogP contribution in [-0.2, 0) is 0 Å². The summed E-state index contributed by atoms with van der Waals surface area (Å²) in [5.41, 5.74) is 2.82. The first kappa shape index (κ1) is 9.37. The van der Waals surface area contributed by atoms with Crippen LogP contribution in [-0.4, -0.2) is 7.05 Å². The van der Waals surface area contributed by atoms with Crippen LogP contribution in [0.1, 0.15) is 33.1 Å². The Bertz CT molecular complexity index is 201. The smallest absolute Gasteiger partial charge is 0.0329 e. The highest BCUT2D eigenvalue weighted by Gasteiger charge is 2.11. The molecule has 1 aliphatic carbocycles. The van der Waals surface area contributed by atoms with Gasteiger partial charge in [0.2, 0.25) is 0 Å². The van der Waals surface area contributed by atoms with Crippen LogP contribution in [0.25, 0.3) is 0 Å². The molecule has 1 heteroatoms. The minimum Gasteiger partial charge on any atom is -0.388 e. The molecule has 0 radical (unpaired) electrons.